The lowest BCUT2D eigenvalue weighted by Gasteiger charge is -2.15. The van der Waals surface area contributed by atoms with Gasteiger partial charge in [-0.1, -0.05) is 0 Å². The highest BCUT2D eigenvalue weighted by Gasteiger charge is 2.34. The van der Waals surface area contributed by atoms with E-state index in [4.69, 9.17) is 5.73 Å². The number of rotatable bonds is 4. The number of esters is 1. The minimum absolute atomic E-state index is 0.0777. The SMILES string of the molecule is COC(=O)Cc1c(CN)ncc(F)c1OC(F)(F)F. The van der Waals surface area contributed by atoms with Crippen LogP contribution >= 0.6 is 0 Å². The second-order valence-corrected chi connectivity index (χ2v) is 3.37. The second kappa shape index (κ2) is 5.83. The van der Waals surface area contributed by atoms with E-state index in [1.807, 2.05) is 0 Å². The Kier molecular flexibility index (Phi) is 4.65. The van der Waals surface area contributed by atoms with E-state index in [-0.39, 0.29) is 17.8 Å². The molecule has 5 nitrogen and oxygen atoms in total. The number of methoxy groups -OCH3 is 1. The molecule has 106 valence electrons. The van der Waals surface area contributed by atoms with Gasteiger partial charge in [0.05, 0.1) is 25.4 Å². The first-order valence-electron chi connectivity index (χ1n) is 4.97. The van der Waals surface area contributed by atoms with E-state index in [9.17, 15) is 22.4 Å². The molecule has 9 heteroatoms. The Hall–Kier alpha value is -1.90. The zero-order valence-corrected chi connectivity index (χ0v) is 9.75. The Labute approximate surface area is 105 Å². The summed E-state index contributed by atoms with van der Waals surface area (Å²) in [5.74, 6) is -3.32. The quantitative estimate of drug-likeness (QED) is 0.665. The normalized spacial score (nSPS) is 11.3. The number of hydrogen-bond acceptors (Lipinski definition) is 5. The molecule has 2 N–H and O–H groups in total. The van der Waals surface area contributed by atoms with E-state index in [0.29, 0.717) is 6.20 Å². The van der Waals surface area contributed by atoms with Crippen molar-refractivity contribution in [2.45, 2.75) is 19.3 Å². The van der Waals surface area contributed by atoms with E-state index < -0.39 is 30.3 Å². The van der Waals surface area contributed by atoms with Crippen molar-refractivity contribution in [2.24, 2.45) is 5.73 Å². The molecule has 0 amide bonds. The zero-order chi connectivity index (χ0) is 14.6. The van der Waals surface area contributed by atoms with Crippen LogP contribution in [0, 0.1) is 5.82 Å². The smallest absolute Gasteiger partial charge is 0.469 e. The molecule has 1 heterocycles. The van der Waals surface area contributed by atoms with Crippen LogP contribution in [0.2, 0.25) is 0 Å². The van der Waals surface area contributed by atoms with E-state index in [1.165, 1.54) is 0 Å². The number of pyridine rings is 1. The number of ether oxygens (including phenoxy) is 2. The van der Waals surface area contributed by atoms with Crippen LogP contribution in [-0.4, -0.2) is 24.4 Å². The summed E-state index contributed by atoms with van der Waals surface area (Å²) in [6, 6.07) is 0. The van der Waals surface area contributed by atoms with Crippen LogP contribution in [0.15, 0.2) is 6.20 Å². The van der Waals surface area contributed by atoms with Gasteiger partial charge in [0.2, 0.25) is 0 Å². The largest absolute Gasteiger partial charge is 0.573 e. The fourth-order valence-electron chi connectivity index (χ4n) is 1.35. The van der Waals surface area contributed by atoms with Crippen molar-refractivity contribution in [1.82, 2.24) is 4.98 Å². The predicted octanol–water partition coefficient (Wildman–Crippen LogP) is 1.29. The molecule has 0 fully saturated rings. The lowest BCUT2D eigenvalue weighted by molar-refractivity contribution is -0.276. The first-order valence-corrected chi connectivity index (χ1v) is 4.97. The summed E-state index contributed by atoms with van der Waals surface area (Å²) in [5.41, 5.74) is 4.82. The topological polar surface area (TPSA) is 74.4 Å². The summed E-state index contributed by atoms with van der Waals surface area (Å²) in [6.07, 6.45) is -5.18. The molecule has 19 heavy (non-hydrogen) atoms. The second-order valence-electron chi connectivity index (χ2n) is 3.37. The number of nitrogens with zero attached hydrogens (tertiary/aromatic N) is 1. The first kappa shape index (κ1) is 15.2. The molecule has 1 aromatic heterocycles. The van der Waals surface area contributed by atoms with Gasteiger partial charge < -0.3 is 15.2 Å². The Morgan fingerprint density at radius 1 is 1.47 bits per heavy atom. The number of carbonyl (C=O) groups is 1. The van der Waals surface area contributed by atoms with Gasteiger partial charge in [-0.05, 0) is 0 Å². The highest BCUT2D eigenvalue weighted by atomic mass is 19.4. The van der Waals surface area contributed by atoms with Crippen molar-refractivity contribution < 1.29 is 31.8 Å². The van der Waals surface area contributed by atoms with Crippen LogP contribution in [0.1, 0.15) is 11.3 Å². The summed E-state index contributed by atoms with van der Waals surface area (Å²) in [5, 5.41) is 0. The number of nitrogens with two attached hydrogens (primary N) is 1. The van der Waals surface area contributed by atoms with Crippen LogP contribution in [0.5, 0.6) is 5.75 Å². The third-order valence-corrected chi connectivity index (χ3v) is 2.13. The average Bonchev–Trinajstić information content (AvgIpc) is 2.32. The molecule has 0 aliphatic carbocycles. The van der Waals surface area contributed by atoms with Crippen molar-refractivity contribution in [3.8, 4) is 5.75 Å². The third-order valence-electron chi connectivity index (χ3n) is 2.13. The van der Waals surface area contributed by atoms with Crippen molar-refractivity contribution >= 4 is 5.97 Å². The maximum Gasteiger partial charge on any atom is 0.573 e. The molecule has 0 aromatic carbocycles. The van der Waals surface area contributed by atoms with Crippen molar-refractivity contribution in [3.63, 3.8) is 0 Å². The number of alkyl halides is 3. The van der Waals surface area contributed by atoms with Crippen LogP contribution in [0.4, 0.5) is 17.6 Å². The van der Waals surface area contributed by atoms with Gasteiger partial charge in [0.25, 0.3) is 0 Å². The molecular weight excluding hydrogens is 272 g/mol. The highest BCUT2D eigenvalue weighted by Crippen LogP contribution is 2.31. The van der Waals surface area contributed by atoms with Crippen molar-refractivity contribution in [3.05, 3.63) is 23.3 Å². The Bertz CT molecular complexity index is 477. The van der Waals surface area contributed by atoms with Crippen LogP contribution in [0.25, 0.3) is 0 Å². The first-order chi connectivity index (χ1) is 8.78. The molecule has 0 radical (unpaired) electrons. The lowest BCUT2D eigenvalue weighted by Crippen LogP contribution is -2.21. The Morgan fingerprint density at radius 2 is 2.11 bits per heavy atom. The molecule has 0 aliphatic rings. The van der Waals surface area contributed by atoms with Crippen LogP contribution < -0.4 is 10.5 Å². The molecule has 1 aromatic rings. The van der Waals surface area contributed by atoms with E-state index in [2.05, 4.69) is 14.5 Å². The van der Waals surface area contributed by atoms with Gasteiger partial charge in [0.15, 0.2) is 11.6 Å². The fourth-order valence-corrected chi connectivity index (χ4v) is 1.35. The van der Waals surface area contributed by atoms with Gasteiger partial charge in [-0.25, -0.2) is 4.39 Å². The van der Waals surface area contributed by atoms with E-state index in [0.717, 1.165) is 7.11 Å². The summed E-state index contributed by atoms with van der Waals surface area (Å²) in [4.78, 5) is 14.6. The molecule has 0 aliphatic heterocycles. The van der Waals surface area contributed by atoms with Crippen molar-refractivity contribution in [1.29, 1.82) is 0 Å². The number of halogens is 4. The van der Waals surface area contributed by atoms with E-state index >= 15 is 0 Å². The van der Waals surface area contributed by atoms with Crippen LogP contribution in [0.3, 0.4) is 0 Å². The summed E-state index contributed by atoms with van der Waals surface area (Å²) in [6.45, 7) is -0.277. The molecule has 0 saturated heterocycles. The van der Waals surface area contributed by atoms with Gasteiger partial charge in [-0.3, -0.25) is 9.78 Å². The average molecular weight is 282 g/mol. The molecular formula is C10H10F4N2O3. The number of aromatic nitrogens is 1. The highest BCUT2D eigenvalue weighted by molar-refractivity contribution is 5.73. The Balaban J connectivity index is 3.28. The van der Waals surface area contributed by atoms with Gasteiger partial charge in [0, 0.05) is 12.1 Å². The molecule has 0 atom stereocenters. The summed E-state index contributed by atoms with van der Waals surface area (Å²) >= 11 is 0. The molecule has 0 unspecified atom stereocenters. The maximum atomic E-state index is 13.4. The fraction of sp³-hybridized carbons (Fsp3) is 0.400. The molecule has 0 saturated carbocycles. The van der Waals surface area contributed by atoms with Gasteiger partial charge in [-0.15, -0.1) is 13.2 Å². The van der Waals surface area contributed by atoms with Gasteiger partial charge in [0.1, 0.15) is 0 Å². The number of carbonyl (C=O) groups excluding carboxylic acids is 1. The van der Waals surface area contributed by atoms with Gasteiger partial charge in [-0.2, -0.15) is 0 Å². The van der Waals surface area contributed by atoms with Crippen molar-refractivity contribution in [2.75, 3.05) is 7.11 Å². The minimum atomic E-state index is -5.10. The maximum absolute atomic E-state index is 13.4. The summed E-state index contributed by atoms with van der Waals surface area (Å²) < 4.78 is 57.9. The zero-order valence-electron chi connectivity index (χ0n) is 9.75. The third kappa shape index (κ3) is 4.05. The molecule has 1 rings (SSSR count). The molecule has 0 bridgehead atoms. The number of hydrogen-bond donors (Lipinski definition) is 1. The lowest BCUT2D eigenvalue weighted by atomic mass is 10.1. The monoisotopic (exact) mass is 282 g/mol. The minimum Gasteiger partial charge on any atom is -0.469 e. The van der Waals surface area contributed by atoms with Gasteiger partial charge >= 0.3 is 12.3 Å². The summed E-state index contributed by atoms with van der Waals surface area (Å²) in [7, 11) is 1.04. The Morgan fingerprint density at radius 3 is 2.58 bits per heavy atom. The van der Waals surface area contributed by atoms with E-state index in [1.54, 1.807) is 0 Å². The molecule has 0 spiro atoms. The predicted molar refractivity (Wildman–Crippen MR) is 54.5 cm³/mol. The van der Waals surface area contributed by atoms with Crippen LogP contribution in [-0.2, 0) is 22.5 Å². The standard InChI is InChI=1S/C10H10F4N2O3/c1-18-8(17)2-5-7(3-15)16-4-6(11)9(5)19-10(12,13)14/h4H,2-3,15H2,1H3.